The van der Waals surface area contributed by atoms with Crippen molar-refractivity contribution in [2.75, 3.05) is 6.26 Å². The molecular formula is C7H10S. The first-order valence-corrected chi connectivity index (χ1v) is 3.54. The molecule has 0 amide bonds. The zero-order valence-electron chi connectivity index (χ0n) is 5.32. The minimum atomic E-state index is 1.03. The zero-order chi connectivity index (χ0) is 6.57. The smallest absolute Gasteiger partial charge is 0.0507 e. The molecule has 0 heterocycles. The molecule has 8 heavy (non-hydrogen) atoms. The molecule has 0 N–H and O–H groups in total. The molecule has 0 aliphatic heterocycles. The molecule has 0 saturated heterocycles. The molecule has 0 aliphatic carbocycles. The fourth-order valence-electron chi connectivity index (χ4n) is 0.397. The van der Waals surface area contributed by atoms with Crippen LogP contribution in [0.3, 0.4) is 0 Å². The molecule has 0 aromatic rings. The first-order valence-electron chi connectivity index (χ1n) is 2.32. The molecule has 0 aliphatic rings. The van der Waals surface area contributed by atoms with Gasteiger partial charge in [-0.15, -0.1) is 17.5 Å². The minimum absolute atomic E-state index is 1.03. The van der Waals surface area contributed by atoms with Gasteiger partial charge in [0.15, 0.2) is 0 Å². The Morgan fingerprint density at radius 2 is 2.12 bits per heavy atom. The lowest BCUT2D eigenvalue weighted by Gasteiger charge is -1.94. The van der Waals surface area contributed by atoms with Crippen LogP contribution in [0.4, 0.5) is 0 Å². The first kappa shape index (κ1) is 7.61. The molecule has 0 fully saturated rings. The Bertz CT molecular complexity index is 138. The van der Waals surface area contributed by atoms with Gasteiger partial charge in [-0.05, 0) is 18.8 Å². The van der Waals surface area contributed by atoms with Crippen molar-refractivity contribution < 1.29 is 0 Å². The summed E-state index contributed by atoms with van der Waals surface area (Å²) in [7, 11) is 0. The zero-order valence-corrected chi connectivity index (χ0v) is 6.14. The lowest BCUT2D eigenvalue weighted by molar-refractivity contribution is 1.54. The third-order valence-corrected chi connectivity index (χ3v) is 1.65. The van der Waals surface area contributed by atoms with Crippen molar-refractivity contribution in [2.24, 2.45) is 0 Å². The summed E-state index contributed by atoms with van der Waals surface area (Å²) in [6.07, 6.45) is 1.99. The molecule has 1 heteroatoms. The Morgan fingerprint density at radius 3 is 2.12 bits per heavy atom. The molecule has 44 valence electrons. The van der Waals surface area contributed by atoms with E-state index in [9.17, 15) is 0 Å². The van der Waals surface area contributed by atoms with Gasteiger partial charge in [-0.3, -0.25) is 0 Å². The van der Waals surface area contributed by atoms with Crippen LogP contribution < -0.4 is 0 Å². The summed E-state index contributed by atoms with van der Waals surface area (Å²) < 4.78 is 0. The van der Waals surface area contributed by atoms with Crippen LogP contribution in [-0.2, 0) is 0 Å². The van der Waals surface area contributed by atoms with Gasteiger partial charge >= 0.3 is 0 Å². The van der Waals surface area contributed by atoms with Crippen molar-refractivity contribution in [2.45, 2.75) is 6.92 Å². The van der Waals surface area contributed by atoms with Crippen LogP contribution in [0.25, 0.3) is 0 Å². The van der Waals surface area contributed by atoms with Gasteiger partial charge in [0, 0.05) is 0 Å². The molecule has 0 aromatic heterocycles. The van der Waals surface area contributed by atoms with Crippen LogP contribution >= 0.6 is 11.8 Å². The van der Waals surface area contributed by atoms with Crippen molar-refractivity contribution in [3.63, 3.8) is 0 Å². The Labute approximate surface area is 55.0 Å². The molecule has 0 rings (SSSR count). The SMILES string of the molecule is C=C=C(SC)C(=C)C. The predicted molar refractivity (Wildman–Crippen MR) is 41.0 cm³/mol. The van der Waals surface area contributed by atoms with Gasteiger partial charge in [0.25, 0.3) is 0 Å². The van der Waals surface area contributed by atoms with E-state index in [1.54, 1.807) is 11.8 Å². The summed E-state index contributed by atoms with van der Waals surface area (Å²) in [6, 6.07) is 0. The standard InChI is InChI=1S/C7H10S/c1-5-7(8-4)6(2)3/h1-2H2,3-4H3. The Balaban J connectivity index is 4.14. The number of hydrogen-bond acceptors (Lipinski definition) is 1. The number of thioether (sulfide) groups is 1. The lowest BCUT2D eigenvalue weighted by Crippen LogP contribution is -1.70. The average molecular weight is 126 g/mol. The van der Waals surface area contributed by atoms with Crippen molar-refractivity contribution in [1.29, 1.82) is 0 Å². The summed E-state index contributed by atoms with van der Waals surface area (Å²) in [4.78, 5) is 1.05. The molecule has 0 atom stereocenters. The van der Waals surface area contributed by atoms with Crippen LogP contribution in [0.2, 0.25) is 0 Å². The quantitative estimate of drug-likeness (QED) is 0.405. The van der Waals surface area contributed by atoms with Crippen molar-refractivity contribution in [1.82, 2.24) is 0 Å². The normalized spacial score (nSPS) is 7.75. The summed E-state index contributed by atoms with van der Waals surface area (Å²) in [5, 5.41) is 0. The molecule has 0 spiro atoms. The second-order valence-electron chi connectivity index (χ2n) is 1.49. The van der Waals surface area contributed by atoms with Crippen molar-refractivity contribution in [3.05, 3.63) is 29.4 Å². The maximum atomic E-state index is 3.74. The molecular weight excluding hydrogens is 116 g/mol. The maximum absolute atomic E-state index is 3.74. The highest BCUT2D eigenvalue weighted by molar-refractivity contribution is 8.02. The van der Waals surface area contributed by atoms with Crippen LogP contribution in [0.15, 0.2) is 29.4 Å². The van der Waals surface area contributed by atoms with Gasteiger partial charge in [0.1, 0.15) is 0 Å². The van der Waals surface area contributed by atoms with E-state index in [4.69, 9.17) is 0 Å². The van der Waals surface area contributed by atoms with E-state index in [-0.39, 0.29) is 0 Å². The van der Waals surface area contributed by atoms with E-state index in [2.05, 4.69) is 18.9 Å². The Morgan fingerprint density at radius 1 is 1.62 bits per heavy atom. The van der Waals surface area contributed by atoms with E-state index in [0.29, 0.717) is 0 Å². The third-order valence-electron chi connectivity index (χ3n) is 0.752. The van der Waals surface area contributed by atoms with Crippen LogP contribution in [0.5, 0.6) is 0 Å². The second-order valence-corrected chi connectivity index (χ2v) is 2.31. The topological polar surface area (TPSA) is 0 Å². The van der Waals surface area contributed by atoms with Crippen LogP contribution in [0.1, 0.15) is 6.92 Å². The summed E-state index contributed by atoms with van der Waals surface area (Å²) in [6.45, 7) is 9.19. The highest BCUT2D eigenvalue weighted by atomic mass is 32.2. The molecule has 0 saturated carbocycles. The van der Waals surface area contributed by atoms with Crippen LogP contribution in [0, 0.1) is 0 Å². The number of allylic oxidation sites excluding steroid dienone is 1. The van der Waals surface area contributed by atoms with E-state index in [1.165, 1.54) is 0 Å². The second kappa shape index (κ2) is 3.59. The van der Waals surface area contributed by atoms with Gasteiger partial charge in [-0.25, -0.2) is 0 Å². The van der Waals surface area contributed by atoms with Gasteiger partial charge in [-0.2, -0.15) is 0 Å². The number of hydrogen-bond donors (Lipinski definition) is 0. The van der Waals surface area contributed by atoms with Crippen LogP contribution in [-0.4, -0.2) is 6.26 Å². The minimum Gasteiger partial charge on any atom is -0.121 e. The van der Waals surface area contributed by atoms with E-state index >= 15 is 0 Å². The Kier molecular flexibility index (Phi) is 3.42. The third kappa shape index (κ3) is 2.06. The summed E-state index contributed by atoms with van der Waals surface area (Å²) in [5.74, 6) is 0. The van der Waals surface area contributed by atoms with E-state index in [0.717, 1.165) is 10.5 Å². The molecule has 0 bridgehead atoms. The molecule has 0 nitrogen and oxygen atoms in total. The highest BCUT2D eigenvalue weighted by Crippen LogP contribution is 2.16. The largest absolute Gasteiger partial charge is 0.121 e. The number of rotatable bonds is 2. The molecule has 0 radical (unpaired) electrons. The van der Waals surface area contributed by atoms with Gasteiger partial charge in [0.2, 0.25) is 0 Å². The summed E-state index contributed by atoms with van der Waals surface area (Å²) >= 11 is 1.62. The fourth-order valence-corrected chi connectivity index (χ4v) is 0.890. The van der Waals surface area contributed by atoms with E-state index < -0.39 is 0 Å². The van der Waals surface area contributed by atoms with Gasteiger partial charge < -0.3 is 0 Å². The monoisotopic (exact) mass is 126 g/mol. The van der Waals surface area contributed by atoms with Gasteiger partial charge in [-0.1, -0.05) is 13.2 Å². The van der Waals surface area contributed by atoms with Gasteiger partial charge in [0.05, 0.1) is 4.91 Å². The molecule has 0 aromatic carbocycles. The fraction of sp³-hybridized carbons (Fsp3) is 0.286. The van der Waals surface area contributed by atoms with Crippen molar-refractivity contribution in [3.8, 4) is 0 Å². The molecule has 0 unspecified atom stereocenters. The predicted octanol–water partition coefficient (Wildman–Crippen LogP) is 2.59. The maximum Gasteiger partial charge on any atom is 0.0507 e. The summed E-state index contributed by atoms with van der Waals surface area (Å²) in [5.41, 5.74) is 3.82. The highest BCUT2D eigenvalue weighted by Gasteiger charge is 1.89. The van der Waals surface area contributed by atoms with Crippen molar-refractivity contribution >= 4 is 11.8 Å². The Hall–Kier alpha value is -0.390. The van der Waals surface area contributed by atoms with E-state index in [1.807, 2.05) is 13.2 Å². The lowest BCUT2D eigenvalue weighted by atomic mass is 10.3. The average Bonchev–Trinajstić information content (AvgIpc) is 1.69. The first-order chi connectivity index (χ1) is 3.72.